The number of rotatable bonds is 6. The van der Waals surface area contributed by atoms with E-state index in [0.29, 0.717) is 29.2 Å². The van der Waals surface area contributed by atoms with Gasteiger partial charge in [0.1, 0.15) is 11.2 Å². The average molecular weight is 404 g/mol. The molecule has 1 unspecified atom stereocenters. The Hall–Kier alpha value is -3.48. The third kappa shape index (κ3) is 3.47. The highest BCUT2D eigenvalue weighted by Gasteiger charge is 2.40. The van der Waals surface area contributed by atoms with Crippen molar-refractivity contribution in [3.8, 4) is 11.1 Å². The maximum Gasteiger partial charge on any atom is 0.318 e. The van der Waals surface area contributed by atoms with Crippen LogP contribution in [0.5, 0.6) is 0 Å². The van der Waals surface area contributed by atoms with Crippen molar-refractivity contribution in [1.82, 2.24) is 19.8 Å². The van der Waals surface area contributed by atoms with Gasteiger partial charge in [-0.05, 0) is 39.3 Å². The summed E-state index contributed by atoms with van der Waals surface area (Å²) in [4.78, 5) is 17.6. The van der Waals surface area contributed by atoms with Crippen LogP contribution in [0.2, 0.25) is 0 Å². The van der Waals surface area contributed by atoms with Crippen LogP contribution in [-0.4, -0.2) is 32.3 Å². The smallest absolute Gasteiger partial charge is 0.318 e. The summed E-state index contributed by atoms with van der Waals surface area (Å²) in [6.45, 7) is 7.80. The number of esters is 1. The predicted molar refractivity (Wildman–Crippen MR) is 112 cm³/mol. The molecule has 0 fully saturated rings. The molecule has 3 heterocycles. The first-order valence-electron chi connectivity index (χ1n) is 9.92. The van der Waals surface area contributed by atoms with Gasteiger partial charge in [0.2, 0.25) is 0 Å². The Balaban J connectivity index is 1.85. The number of aryl methyl sites for hydroxylation is 2. The van der Waals surface area contributed by atoms with Gasteiger partial charge in [-0.15, -0.1) is 0 Å². The zero-order valence-electron chi connectivity index (χ0n) is 17.5. The van der Waals surface area contributed by atoms with Crippen LogP contribution in [0.15, 0.2) is 53.3 Å². The fourth-order valence-corrected chi connectivity index (χ4v) is 3.67. The number of hydrogen-bond acceptors (Lipinski definition) is 6. The molecule has 0 aliphatic carbocycles. The van der Waals surface area contributed by atoms with Crippen molar-refractivity contribution in [3.05, 3.63) is 71.5 Å². The average Bonchev–Trinajstić information content (AvgIpc) is 3.34. The van der Waals surface area contributed by atoms with Gasteiger partial charge in [-0.3, -0.25) is 4.79 Å². The van der Waals surface area contributed by atoms with E-state index in [1.165, 1.54) is 5.56 Å². The Morgan fingerprint density at radius 1 is 1.20 bits per heavy atom. The highest BCUT2D eigenvalue weighted by molar-refractivity contribution is 5.84. The molecule has 1 atom stereocenters. The molecule has 0 saturated carbocycles. The predicted octanol–water partition coefficient (Wildman–Crippen LogP) is 4.06. The summed E-state index contributed by atoms with van der Waals surface area (Å²) in [6, 6.07) is 11.8. The summed E-state index contributed by atoms with van der Waals surface area (Å²) < 4.78 is 12.4. The third-order valence-corrected chi connectivity index (χ3v) is 5.27. The summed E-state index contributed by atoms with van der Waals surface area (Å²) in [5, 5.41) is 8.66. The summed E-state index contributed by atoms with van der Waals surface area (Å²) >= 11 is 0. The first-order chi connectivity index (χ1) is 14.4. The van der Waals surface area contributed by atoms with Gasteiger partial charge in [0, 0.05) is 24.2 Å². The van der Waals surface area contributed by atoms with Gasteiger partial charge < -0.3 is 9.26 Å². The largest absolute Gasteiger partial charge is 0.465 e. The number of aromatic nitrogens is 4. The van der Waals surface area contributed by atoms with Crippen molar-refractivity contribution < 1.29 is 14.1 Å². The van der Waals surface area contributed by atoms with Crippen LogP contribution in [0.25, 0.3) is 16.8 Å². The molecule has 0 radical (unpaired) electrons. The third-order valence-electron chi connectivity index (χ3n) is 5.27. The van der Waals surface area contributed by atoms with Crippen LogP contribution in [0.3, 0.4) is 0 Å². The zero-order chi connectivity index (χ0) is 21.3. The monoisotopic (exact) mass is 404 g/mol. The molecule has 30 heavy (non-hydrogen) atoms. The lowest BCUT2D eigenvalue weighted by Gasteiger charge is -2.27. The van der Waals surface area contributed by atoms with Gasteiger partial charge in [0.15, 0.2) is 5.65 Å². The minimum atomic E-state index is -1.02. The van der Waals surface area contributed by atoms with Crippen molar-refractivity contribution in [2.45, 2.75) is 39.5 Å². The van der Waals surface area contributed by atoms with Crippen molar-refractivity contribution in [2.75, 3.05) is 6.61 Å². The van der Waals surface area contributed by atoms with Crippen LogP contribution in [0.4, 0.5) is 0 Å². The van der Waals surface area contributed by atoms with Gasteiger partial charge >= 0.3 is 5.97 Å². The van der Waals surface area contributed by atoms with E-state index in [-0.39, 0.29) is 12.6 Å². The van der Waals surface area contributed by atoms with E-state index in [0.717, 1.165) is 11.1 Å². The van der Waals surface area contributed by atoms with Crippen LogP contribution in [0, 0.1) is 13.8 Å². The maximum atomic E-state index is 13.1. The standard InChI is InChI=1S/C23H24N4O3/c1-5-29-22(28)23(4,13-18-12-16(3)30-26-18)20-10-11-24-21-19(14-25-27(20)21)17-8-6-15(2)7-9-17/h6-12,14H,5,13H2,1-4H3. The molecular weight excluding hydrogens is 380 g/mol. The number of carbonyl (C=O) groups excluding carboxylic acids is 1. The first-order valence-corrected chi connectivity index (χ1v) is 9.92. The number of hydrogen-bond donors (Lipinski definition) is 0. The molecule has 0 aliphatic heterocycles. The number of benzene rings is 1. The SMILES string of the molecule is CCOC(=O)C(C)(Cc1cc(C)on1)c1ccnc2c(-c3ccc(C)cc3)cnn12. The van der Waals surface area contributed by atoms with E-state index >= 15 is 0 Å². The van der Waals surface area contributed by atoms with Crippen LogP contribution in [0.1, 0.15) is 36.6 Å². The second kappa shape index (κ2) is 7.74. The molecular formula is C23H24N4O3. The number of ether oxygens (including phenoxy) is 1. The molecule has 7 heteroatoms. The van der Waals surface area contributed by atoms with Gasteiger partial charge in [0.25, 0.3) is 0 Å². The Morgan fingerprint density at radius 2 is 1.97 bits per heavy atom. The molecule has 1 aromatic carbocycles. The van der Waals surface area contributed by atoms with Gasteiger partial charge in [-0.2, -0.15) is 5.10 Å². The van der Waals surface area contributed by atoms with E-state index in [4.69, 9.17) is 9.26 Å². The molecule has 0 spiro atoms. The van der Waals surface area contributed by atoms with Crippen molar-refractivity contribution in [3.63, 3.8) is 0 Å². The molecule has 0 aliphatic rings. The lowest BCUT2D eigenvalue weighted by Crippen LogP contribution is -2.39. The molecule has 4 rings (SSSR count). The minimum Gasteiger partial charge on any atom is -0.465 e. The zero-order valence-corrected chi connectivity index (χ0v) is 17.5. The molecule has 3 aromatic heterocycles. The second-order valence-corrected chi connectivity index (χ2v) is 7.65. The molecule has 154 valence electrons. The summed E-state index contributed by atoms with van der Waals surface area (Å²) in [5.74, 6) is 0.349. The van der Waals surface area contributed by atoms with Crippen molar-refractivity contribution in [2.24, 2.45) is 0 Å². The second-order valence-electron chi connectivity index (χ2n) is 7.65. The van der Waals surface area contributed by atoms with Crippen molar-refractivity contribution in [1.29, 1.82) is 0 Å². The lowest BCUT2D eigenvalue weighted by molar-refractivity contribution is -0.149. The molecule has 0 amide bonds. The van der Waals surface area contributed by atoms with Gasteiger partial charge in [-0.1, -0.05) is 35.0 Å². The van der Waals surface area contributed by atoms with Gasteiger partial charge in [0.05, 0.1) is 24.2 Å². The lowest BCUT2D eigenvalue weighted by atomic mass is 9.81. The van der Waals surface area contributed by atoms with E-state index < -0.39 is 5.41 Å². The Kier molecular flexibility index (Phi) is 5.11. The minimum absolute atomic E-state index is 0.286. The highest BCUT2D eigenvalue weighted by atomic mass is 16.5. The van der Waals surface area contributed by atoms with Crippen LogP contribution >= 0.6 is 0 Å². The molecule has 0 bridgehead atoms. The fraction of sp³-hybridized carbons (Fsp3) is 0.304. The quantitative estimate of drug-likeness (QED) is 0.451. The summed E-state index contributed by atoms with van der Waals surface area (Å²) in [6.07, 6.45) is 3.81. The fourth-order valence-electron chi connectivity index (χ4n) is 3.67. The topological polar surface area (TPSA) is 82.5 Å². The number of carbonyl (C=O) groups is 1. The first kappa shape index (κ1) is 19.8. The Bertz CT molecular complexity index is 1190. The Morgan fingerprint density at radius 3 is 2.63 bits per heavy atom. The number of fused-ring (bicyclic) bond motifs is 1. The summed E-state index contributed by atoms with van der Waals surface area (Å²) in [5.41, 5.74) is 4.14. The van der Waals surface area contributed by atoms with E-state index in [2.05, 4.69) is 27.4 Å². The number of nitrogens with zero attached hydrogens (tertiary/aromatic N) is 4. The van der Waals surface area contributed by atoms with Crippen LogP contribution in [-0.2, 0) is 21.4 Å². The van der Waals surface area contributed by atoms with E-state index in [1.807, 2.05) is 45.0 Å². The van der Waals surface area contributed by atoms with Gasteiger partial charge in [-0.25, -0.2) is 9.50 Å². The normalized spacial score (nSPS) is 13.3. The van der Waals surface area contributed by atoms with Crippen LogP contribution < -0.4 is 0 Å². The summed E-state index contributed by atoms with van der Waals surface area (Å²) in [7, 11) is 0. The molecule has 7 nitrogen and oxygen atoms in total. The van der Waals surface area contributed by atoms with Crippen molar-refractivity contribution >= 4 is 11.6 Å². The van der Waals surface area contributed by atoms with E-state index in [9.17, 15) is 4.79 Å². The highest BCUT2D eigenvalue weighted by Crippen LogP contribution is 2.32. The maximum absolute atomic E-state index is 13.1. The molecule has 0 saturated heterocycles. The molecule has 0 N–H and O–H groups in total. The Labute approximate surface area is 174 Å². The van der Waals surface area contributed by atoms with E-state index in [1.54, 1.807) is 23.8 Å². The molecule has 4 aromatic rings.